The molecular formula is C27H42. The van der Waals surface area contributed by atoms with Crippen molar-refractivity contribution in [2.45, 2.75) is 110 Å². The Morgan fingerprint density at radius 3 is 1.85 bits per heavy atom. The van der Waals surface area contributed by atoms with Crippen molar-refractivity contribution in [3.05, 3.63) is 47.5 Å². The Morgan fingerprint density at radius 1 is 0.667 bits per heavy atom. The average molecular weight is 367 g/mol. The molecule has 0 aromatic rings. The Bertz CT molecular complexity index is 595. The summed E-state index contributed by atoms with van der Waals surface area (Å²) in [6.45, 7) is 6.85. The smallest absolute Gasteiger partial charge is 0.0152 e. The van der Waals surface area contributed by atoms with Crippen LogP contribution in [-0.2, 0) is 6.42 Å². The summed E-state index contributed by atoms with van der Waals surface area (Å²) >= 11 is 0. The molecule has 0 aromatic carbocycles. The van der Waals surface area contributed by atoms with Crippen LogP contribution < -0.4 is 0 Å². The van der Waals surface area contributed by atoms with Gasteiger partial charge in [0.05, 0.1) is 0 Å². The third kappa shape index (κ3) is 8.08. The highest BCUT2D eigenvalue weighted by Gasteiger charge is 2.09. The fraction of sp³-hybridized carbons (Fsp3) is 0.630. The molecule has 0 heteroatoms. The SMILES string of the molecule is CCCCCCCCCCCCCCc1ccc2cc(C(C)C)cccc1-2. The van der Waals surface area contributed by atoms with E-state index in [4.69, 9.17) is 0 Å². The predicted molar refractivity (Wildman–Crippen MR) is 122 cm³/mol. The van der Waals surface area contributed by atoms with Crippen LogP contribution in [0.2, 0.25) is 0 Å². The number of rotatable bonds is 14. The molecule has 0 atom stereocenters. The minimum atomic E-state index is 0.593. The van der Waals surface area contributed by atoms with Gasteiger partial charge in [-0.25, -0.2) is 0 Å². The van der Waals surface area contributed by atoms with Crippen LogP contribution in [0, 0.1) is 0 Å². The molecule has 0 saturated heterocycles. The van der Waals surface area contributed by atoms with Crippen LogP contribution in [0.1, 0.15) is 115 Å². The van der Waals surface area contributed by atoms with Crippen molar-refractivity contribution in [2.75, 3.05) is 0 Å². The molecule has 0 aromatic heterocycles. The second-order valence-corrected chi connectivity index (χ2v) is 8.69. The lowest BCUT2D eigenvalue weighted by molar-refractivity contribution is 0.544. The van der Waals surface area contributed by atoms with Crippen molar-refractivity contribution in [2.24, 2.45) is 0 Å². The molecule has 27 heavy (non-hydrogen) atoms. The third-order valence-corrected chi connectivity index (χ3v) is 5.96. The Balaban J connectivity index is 1.58. The molecule has 0 amide bonds. The zero-order chi connectivity index (χ0) is 19.3. The summed E-state index contributed by atoms with van der Waals surface area (Å²) < 4.78 is 0. The van der Waals surface area contributed by atoms with Gasteiger partial charge in [0.2, 0.25) is 0 Å². The van der Waals surface area contributed by atoms with Gasteiger partial charge in [-0.3, -0.25) is 0 Å². The van der Waals surface area contributed by atoms with Gasteiger partial charge < -0.3 is 0 Å². The average Bonchev–Trinajstić information content (AvgIpc) is 2.90. The van der Waals surface area contributed by atoms with Crippen LogP contribution in [0.4, 0.5) is 0 Å². The summed E-state index contributed by atoms with van der Waals surface area (Å²) in [5.74, 6) is 0.593. The summed E-state index contributed by atoms with van der Waals surface area (Å²) in [7, 11) is 0. The fourth-order valence-corrected chi connectivity index (χ4v) is 4.10. The van der Waals surface area contributed by atoms with E-state index in [2.05, 4.69) is 57.2 Å². The van der Waals surface area contributed by atoms with E-state index >= 15 is 0 Å². The molecule has 2 aliphatic rings. The summed E-state index contributed by atoms with van der Waals surface area (Å²) in [4.78, 5) is 0. The van der Waals surface area contributed by atoms with Crippen molar-refractivity contribution in [1.82, 2.24) is 0 Å². The minimum absolute atomic E-state index is 0.593. The lowest BCUT2D eigenvalue weighted by atomic mass is 10.0. The number of hydrogen-bond donors (Lipinski definition) is 0. The van der Waals surface area contributed by atoms with Gasteiger partial charge in [-0.1, -0.05) is 128 Å². The van der Waals surface area contributed by atoms with E-state index in [9.17, 15) is 0 Å². The Kier molecular flexibility index (Phi) is 10.6. The Hall–Kier alpha value is -1.30. The molecular weight excluding hydrogens is 324 g/mol. The monoisotopic (exact) mass is 366 g/mol. The number of hydrogen-bond acceptors (Lipinski definition) is 0. The van der Waals surface area contributed by atoms with E-state index in [0.717, 1.165) is 0 Å². The predicted octanol–water partition coefficient (Wildman–Crippen LogP) is 9.16. The fourth-order valence-electron chi connectivity index (χ4n) is 4.10. The maximum Gasteiger partial charge on any atom is -0.0152 e. The van der Waals surface area contributed by atoms with E-state index in [0.29, 0.717) is 5.92 Å². The molecule has 0 bridgehead atoms. The molecule has 0 nitrogen and oxygen atoms in total. The molecule has 150 valence electrons. The first-order valence-electron chi connectivity index (χ1n) is 11.7. The van der Waals surface area contributed by atoms with Crippen LogP contribution in [-0.4, -0.2) is 0 Å². The third-order valence-electron chi connectivity index (χ3n) is 5.96. The van der Waals surface area contributed by atoms with Gasteiger partial charge in [-0.05, 0) is 41.0 Å². The summed E-state index contributed by atoms with van der Waals surface area (Å²) in [5, 5.41) is 0. The van der Waals surface area contributed by atoms with Crippen molar-refractivity contribution >= 4 is 0 Å². The lowest BCUT2D eigenvalue weighted by Gasteiger charge is -2.04. The van der Waals surface area contributed by atoms with E-state index in [-0.39, 0.29) is 0 Å². The molecule has 2 rings (SSSR count). The first kappa shape index (κ1) is 22.0. The number of unbranched alkanes of at least 4 members (excludes halogenated alkanes) is 11. The standard InChI is InChI=1S/C27H42/c1-4-5-6-7-8-9-10-11-12-13-14-15-17-24-20-21-26-22-25(23(2)3)18-16-19-27(24)26/h16,18-23H,4-15,17H2,1-3H3. The van der Waals surface area contributed by atoms with Crippen LogP contribution in [0.5, 0.6) is 0 Å². The highest BCUT2D eigenvalue weighted by Crippen LogP contribution is 2.30. The van der Waals surface area contributed by atoms with Gasteiger partial charge >= 0.3 is 0 Å². The first-order valence-corrected chi connectivity index (χ1v) is 11.7. The second-order valence-electron chi connectivity index (χ2n) is 8.69. The van der Waals surface area contributed by atoms with Gasteiger partial charge in [0, 0.05) is 0 Å². The van der Waals surface area contributed by atoms with E-state index < -0.39 is 0 Å². The number of fused-ring (bicyclic) bond motifs is 1. The zero-order valence-corrected chi connectivity index (χ0v) is 18.2. The molecule has 0 saturated carbocycles. The minimum Gasteiger partial charge on any atom is -0.0654 e. The van der Waals surface area contributed by atoms with E-state index in [1.807, 2.05) is 0 Å². The van der Waals surface area contributed by atoms with Crippen molar-refractivity contribution in [3.63, 3.8) is 0 Å². The summed E-state index contributed by atoms with van der Waals surface area (Å²) in [5.41, 5.74) is 5.86. The van der Waals surface area contributed by atoms with Crippen LogP contribution in [0.3, 0.4) is 0 Å². The molecule has 0 spiro atoms. The zero-order valence-electron chi connectivity index (χ0n) is 18.2. The number of aryl methyl sites for hydroxylation is 1. The maximum atomic E-state index is 2.38. The van der Waals surface area contributed by atoms with E-state index in [1.165, 1.54) is 100 Å². The first-order chi connectivity index (χ1) is 13.2. The van der Waals surface area contributed by atoms with Gasteiger partial charge in [0.15, 0.2) is 0 Å². The van der Waals surface area contributed by atoms with Crippen LogP contribution in [0.15, 0.2) is 36.4 Å². The summed E-state index contributed by atoms with van der Waals surface area (Å²) in [6, 6.07) is 13.9. The van der Waals surface area contributed by atoms with Crippen molar-refractivity contribution < 1.29 is 0 Å². The lowest BCUT2D eigenvalue weighted by Crippen LogP contribution is -1.87. The quantitative estimate of drug-likeness (QED) is 0.292. The maximum absolute atomic E-state index is 2.38. The molecule has 0 radical (unpaired) electrons. The molecule has 0 unspecified atom stereocenters. The topological polar surface area (TPSA) is 0 Å². The largest absolute Gasteiger partial charge is 0.0654 e. The Labute approximate surface area is 169 Å². The molecule has 2 aliphatic carbocycles. The van der Waals surface area contributed by atoms with E-state index in [1.54, 1.807) is 5.56 Å². The molecule has 0 fully saturated rings. The highest BCUT2D eigenvalue weighted by molar-refractivity contribution is 5.71. The van der Waals surface area contributed by atoms with Crippen molar-refractivity contribution in [3.8, 4) is 11.1 Å². The second kappa shape index (κ2) is 13.0. The molecule has 0 aliphatic heterocycles. The Morgan fingerprint density at radius 2 is 1.26 bits per heavy atom. The highest BCUT2D eigenvalue weighted by atomic mass is 14.1. The van der Waals surface area contributed by atoms with Gasteiger partial charge in [-0.15, -0.1) is 0 Å². The summed E-state index contributed by atoms with van der Waals surface area (Å²) in [6.07, 6.45) is 18.3. The van der Waals surface area contributed by atoms with Crippen molar-refractivity contribution in [1.29, 1.82) is 0 Å². The van der Waals surface area contributed by atoms with Gasteiger partial charge in [0.1, 0.15) is 0 Å². The van der Waals surface area contributed by atoms with Gasteiger partial charge in [0.25, 0.3) is 0 Å². The molecule has 0 N–H and O–H groups in total. The van der Waals surface area contributed by atoms with Gasteiger partial charge in [-0.2, -0.15) is 0 Å². The van der Waals surface area contributed by atoms with Crippen LogP contribution >= 0.6 is 0 Å². The molecule has 0 heterocycles. The van der Waals surface area contributed by atoms with Crippen LogP contribution in [0.25, 0.3) is 11.1 Å². The normalized spacial score (nSPS) is 11.6.